The zero-order chi connectivity index (χ0) is 13.1. The number of amides is 3. The Hall–Kier alpha value is -1.47. The predicted molar refractivity (Wildman–Crippen MR) is 53.2 cm³/mol. The van der Waals surface area contributed by atoms with Gasteiger partial charge in [-0.2, -0.15) is 13.2 Å². The van der Waals surface area contributed by atoms with Gasteiger partial charge in [0.05, 0.1) is 12.5 Å². The van der Waals surface area contributed by atoms with Crippen molar-refractivity contribution in [2.75, 3.05) is 26.7 Å². The van der Waals surface area contributed by atoms with E-state index in [0.29, 0.717) is 0 Å². The number of alkyl halides is 3. The van der Waals surface area contributed by atoms with Crippen LogP contribution in [0.2, 0.25) is 0 Å². The van der Waals surface area contributed by atoms with E-state index in [1.54, 1.807) is 0 Å². The molecule has 8 heteroatoms. The number of urea groups is 1. The van der Waals surface area contributed by atoms with Gasteiger partial charge in [-0.05, 0) is 6.42 Å². The first-order chi connectivity index (χ1) is 7.84. The minimum Gasteiger partial charge on any atom is -0.341 e. The molecular formula is C9H14F3N3O2. The Balaban J connectivity index is 2.38. The van der Waals surface area contributed by atoms with Crippen molar-refractivity contribution in [2.45, 2.75) is 12.6 Å². The zero-order valence-corrected chi connectivity index (χ0v) is 9.30. The van der Waals surface area contributed by atoms with Crippen molar-refractivity contribution in [2.24, 2.45) is 5.92 Å². The molecule has 1 unspecified atom stereocenters. The van der Waals surface area contributed by atoms with Crippen LogP contribution in [0, 0.1) is 5.92 Å². The van der Waals surface area contributed by atoms with Gasteiger partial charge in [0.25, 0.3) is 0 Å². The lowest BCUT2D eigenvalue weighted by molar-refractivity contribution is -0.171. The van der Waals surface area contributed by atoms with Gasteiger partial charge in [-0.15, -0.1) is 0 Å². The summed E-state index contributed by atoms with van der Waals surface area (Å²) in [7, 11) is 1.38. The maximum absolute atomic E-state index is 12.3. The third-order valence-electron chi connectivity index (χ3n) is 2.63. The average molecular weight is 253 g/mol. The summed E-state index contributed by atoms with van der Waals surface area (Å²) >= 11 is 0. The van der Waals surface area contributed by atoms with Crippen molar-refractivity contribution >= 4 is 11.9 Å². The van der Waals surface area contributed by atoms with E-state index in [4.69, 9.17) is 0 Å². The number of halogens is 3. The lowest BCUT2D eigenvalue weighted by Gasteiger charge is -2.18. The van der Waals surface area contributed by atoms with Crippen molar-refractivity contribution in [1.29, 1.82) is 0 Å². The van der Waals surface area contributed by atoms with Crippen LogP contribution in [-0.2, 0) is 4.79 Å². The monoisotopic (exact) mass is 253 g/mol. The molecule has 0 aliphatic carbocycles. The summed E-state index contributed by atoms with van der Waals surface area (Å²) < 4.78 is 37.0. The topological polar surface area (TPSA) is 61.4 Å². The van der Waals surface area contributed by atoms with Gasteiger partial charge in [-0.25, -0.2) is 4.79 Å². The Kier molecular flexibility index (Phi) is 4.19. The molecule has 0 radical (unpaired) electrons. The average Bonchev–Trinajstić information content (AvgIpc) is 2.74. The molecule has 1 saturated heterocycles. The van der Waals surface area contributed by atoms with Gasteiger partial charge in [0.2, 0.25) is 5.91 Å². The fraction of sp³-hybridized carbons (Fsp3) is 0.778. The molecule has 1 rings (SSSR count). The maximum Gasteiger partial charge on any atom is 0.393 e. The van der Waals surface area contributed by atoms with Crippen LogP contribution in [0.4, 0.5) is 18.0 Å². The summed E-state index contributed by atoms with van der Waals surface area (Å²) in [4.78, 5) is 23.4. The van der Waals surface area contributed by atoms with Crippen molar-refractivity contribution in [1.82, 2.24) is 15.5 Å². The van der Waals surface area contributed by atoms with Crippen LogP contribution in [0.25, 0.3) is 0 Å². The molecule has 0 bridgehead atoms. The lowest BCUT2D eigenvalue weighted by atomic mass is 10.1. The van der Waals surface area contributed by atoms with Crippen LogP contribution in [0.15, 0.2) is 0 Å². The fourth-order valence-corrected chi connectivity index (χ4v) is 1.61. The highest BCUT2D eigenvalue weighted by atomic mass is 19.4. The first-order valence-corrected chi connectivity index (χ1v) is 5.14. The number of carbonyl (C=O) groups excluding carboxylic acids is 2. The van der Waals surface area contributed by atoms with Crippen LogP contribution in [-0.4, -0.2) is 49.7 Å². The molecule has 1 fully saturated rings. The van der Waals surface area contributed by atoms with Crippen LogP contribution in [0.1, 0.15) is 6.42 Å². The minimum absolute atomic E-state index is 0.0742. The van der Waals surface area contributed by atoms with E-state index in [-0.39, 0.29) is 26.1 Å². The number of nitrogens with zero attached hydrogens (tertiary/aromatic N) is 1. The van der Waals surface area contributed by atoms with Crippen molar-refractivity contribution in [3.8, 4) is 0 Å². The highest BCUT2D eigenvalue weighted by Crippen LogP contribution is 2.33. The van der Waals surface area contributed by atoms with E-state index in [2.05, 4.69) is 10.6 Å². The van der Waals surface area contributed by atoms with E-state index in [0.717, 1.165) is 4.90 Å². The number of rotatable bonds is 2. The second-order valence-corrected chi connectivity index (χ2v) is 3.80. The van der Waals surface area contributed by atoms with Crippen molar-refractivity contribution in [3.63, 3.8) is 0 Å². The lowest BCUT2D eigenvalue weighted by Crippen LogP contribution is -2.42. The van der Waals surface area contributed by atoms with Crippen molar-refractivity contribution in [3.05, 3.63) is 0 Å². The molecule has 0 aromatic carbocycles. The molecule has 1 aliphatic rings. The minimum atomic E-state index is -4.26. The van der Waals surface area contributed by atoms with Gasteiger partial charge in [0.15, 0.2) is 0 Å². The molecule has 2 N–H and O–H groups in total. The van der Waals surface area contributed by atoms with Gasteiger partial charge in [0.1, 0.15) is 0 Å². The maximum atomic E-state index is 12.3. The standard InChI is InChI=1S/C9H14F3N3O2/c1-13-8(17)14-4-7(16)15-3-2-6(5-15)9(10,11)12/h6H,2-5H2,1H3,(H2,13,14,17). The summed E-state index contributed by atoms with van der Waals surface area (Å²) in [6.45, 7) is -0.527. The molecule has 3 amide bonds. The number of nitrogens with one attached hydrogen (secondary N) is 2. The molecule has 0 aromatic rings. The summed E-state index contributed by atoms with van der Waals surface area (Å²) in [6, 6.07) is -0.537. The molecule has 1 aliphatic heterocycles. The Morgan fingerprint density at radius 3 is 2.53 bits per heavy atom. The van der Waals surface area contributed by atoms with E-state index in [9.17, 15) is 22.8 Å². The normalized spacial score (nSPS) is 20.2. The second kappa shape index (κ2) is 5.24. The summed E-state index contributed by atoms with van der Waals surface area (Å²) in [5.41, 5.74) is 0. The predicted octanol–water partition coefficient (Wildman–Crippen LogP) is 0.326. The third-order valence-corrected chi connectivity index (χ3v) is 2.63. The summed E-state index contributed by atoms with van der Waals surface area (Å²) in [5.74, 6) is -1.95. The summed E-state index contributed by atoms with van der Waals surface area (Å²) in [6.07, 6.45) is -4.33. The van der Waals surface area contributed by atoms with E-state index in [1.807, 2.05) is 0 Å². The van der Waals surface area contributed by atoms with Crippen molar-refractivity contribution < 1.29 is 22.8 Å². The Bertz CT molecular complexity index is 306. The molecule has 5 nitrogen and oxygen atoms in total. The van der Waals surface area contributed by atoms with Gasteiger partial charge in [-0.3, -0.25) is 4.79 Å². The van der Waals surface area contributed by atoms with Gasteiger partial charge >= 0.3 is 12.2 Å². The number of likely N-dealkylation sites (tertiary alicyclic amines) is 1. The second-order valence-electron chi connectivity index (χ2n) is 3.80. The Morgan fingerprint density at radius 1 is 1.41 bits per heavy atom. The zero-order valence-electron chi connectivity index (χ0n) is 9.30. The number of carbonyl (C=O) groups is 2. The first-order valence-electron chi connectivity index (χ1n) is 5.14. The van der Waals surface area contributed by atoms with E-state index >= 15 is 0 Å². The molecule has 1 heterocycles. The van der Waals surface area contributed by atoms with Crippen LogP contribution >= 0.6 is 0 Å². The van der Waals surface area contributed by atoms with Crippen LogP contribution < -0.4 is 10.6 Å². The number of hydrogen-bond acceptors (Lipinski definition) is 2. The van der Waals surface area contributed by atoms with E-state index < -0.39 is 24.0 Å². The van der Waals surface area contributed by atoms with E-state index in [1.165, 1.54) is 7.05 Å². The van der Waals surface area contributed by atoms with Gasteiger partial charge < -0.3 is 15.5 Å². The molecule has 1 atom stereocenters. The Labute approximate surface area is 96.3 Å². The van der Waals surface area contributed by atoms with Gasteiger partial charge in [-0.1, -0.05) is 0 Å². The fourth-order valence-electron chi connectivity index (χ4n) is 1.61. The highest BCUT2D eigenvalue weighted by molar-refractivity contribution is 5.84. The van der Waals surface area contributed by atoms with Gasteiger partial charge in [0, 0.05) is 20.1 Å². The Morgan fingerprint density at radius 2 is 2.06 bits per heavy atom. The molecule has 0 saturated carbocycles. The van der Waals surface area contributed by atoms with Crippen LogP contribution in [0.3, 0.4) is 0 Å². The number of hydrogen-bond donors (Lipinski definition) is 2. The molecule has 0 spiro atoms. The smallest absolute Gasteiger partial charge is 0.341 e. The molecular weight excluding hydrogens is 239 g/mol. The third kappa shape index (κ3) is 3.79. The highest BCUT2D eigenvalue weighted by Gasteiger charge is 2.44. The quantitative estimate of drug-likeness (QED) is 0.744. The molecule has 98 valence electrons. The SMILES string of the molecule is CNC(=O)NCC(=O)N1CCC(C(F)(F)F)C1. The largest absolute Gasteiger partial charge is 0.393 e. The molecule has 0 aromatic heterocycles. The summed E-state index contributed by atoms with van der Waals surface area (Å²) in [5, 5.41) is 4.48. The molecule has 17 heavy (non-hydrogen) atoms. The van der Waals surface area contributed by atoms with Crippen LogP contribution in [0.5, 0.6) is 0 Å². The first kappa shape index (κ1) is 13.6.